The standard InChI is InChI=1S/C14H7N2O2/c15-16-11-7-3-6-10-12(11)14(18)9-5-2-1-4-8(9)13(10)17/h1-7H. The van der Waals surface area contributed by atoms with Gasteiger partial charge in [0.2, 0.25) is 0 Å². The molecule has 0 N–H and O–H groups in total. The number of fused-ring (bicyclic) bond motifs is 2. The van der Waals surface area contributed by atoms with Crippen molar-refractivity contribution in [2.75, 3.05) is 0 Å². The highest BCUT2D eigenvalue weighted by molar-refractivity contribution is 6.29. The van der Waals surface area contributed by atoms with Crippen LogP contribution in [0.4, 0.5) is 5.69 Å². The van der Waals surface area contributed by atoms with Crippen LogP contribution in [0.3, 0.4) is 0 Å². The summed E-state index contributed by atoms with van der Waals surface area (Å²) in [6.07, 6.45) is 0. The van der Waals surface area contributed by atoms with E-state index in [4.69, 9.17) is 5.53 Å². The maximum absolute atomic E-state index is 12.3. The van der Waals surface area contributed by atoms with E-state index in [1.807, 2.05) is 0 Å². The van der Waals surface area contributed by atoms with Gasteiger partial charge in [0, 0.05) is 16.7 Å². The zero-order valence-electron chi connectivity index (χ0n) is 9.25. The normalized spacial score (nSPS) is 12.9. The molecule has 4 nitrogen and oxygen atoms in total. The van der Waals surface area contributed by atoms with Crippen molar-refractivity contribution in [2.24, 2.45) is 5.11 Å². The monoisotopic (exact) mass is 235 g/mol. The molecule has 1 radical (unpaired) electrons. The molecule has 0 spiro atoms. The van der Waals surface area contributed by atoms with Crippen molar-refractivity contribution in [3.63, 3.8) is 0 Å². The van der Waals surface area contributed by atoms with Gasteiger partial charge >= 0.3 is 0 Å². The van der Waals surface area contributed by atoms with E-state index < -0.39 is 0 Å². The number of ketones is 2. The van der Waals surface area contributed by atoms with Crippen LogP contribution in [0.2, 0.25) is 0 Å². The first kappa shape index (κ1) is 10.5. The number of hydrogen-bond donors (Lipinski definition) is 0. The second-order valence-corrected chi connectivity index (χ2v) is 4.00. The molecule has 0 aromatic heterocycles. The van der Waals surface area contributed by atoms with Gasteiger partial charge in [0.25, 0.3) is 0 Å². The van der Waals surface area contributed by atoms with Crippen LogP contribution in [0.15, 0.2) is 47.6 Å². The fourth-order valence-electron chi connectivity index (χ4n) is 2.21. The molecule has 0 atom stereocenters. The summed E-state index contributed by atoms with van der Waals surface area (Å²) in [4.78, 5) is 24.6. The molecule has 4 heteroatoms. The molecule has 0 unspecified atom stereocenters. The Kier molecular flexibility index (Phi) is 2.16. The third-order valence-corrected chi connectivity index (χ3v) is 3.04. The first-order chi connectivity index (χ1) is 8.74. The van der Waals surface area contributed by atoms with Crippen molar-refractivity contribution in [3.05, 3.63) is 64.7 Å². The molecule has 0 fully saturated rings. The first-order valence-corrected chi connectivity index (χ1v) is 5.40. The molecular formula is C14H7N2O2. The molecule has 0 bridgehead atoms. The summed E-state index contributed by atoms with van der Waals surface area (Å²) in [5, 5.41) is 3.07. The largest absolute Gasteiger partial charge is 0.289 e. The SMILES string of the molecule is [N]=Nc1cccc2c1C(=O)c1ccccc1C2=O. The molecule has 1 aliphatic rings. The topological polar surface area (TPSA) is 68.8 Å². The maximum Gasteiger partial charge on any atom is 0.196 e. The second kappa shape index (κ2) is 3.70. The van der Waals surface area contributed by atoms with E-state index in [-0.39, 0.29) is 28.4 Å². The minimum Gasteiger partial charge on any atom is -0.289 e. The Bertz CT molecular complexity index is 705. The van der Waals surface area contributed by atoms with E-state index in [9.17, 15) is 9.59 Å². The molecule has 0 amide bonds. The minimum atomic E-state index is -0.284. The van der Waals surface area contributed by atoms with Crippen molar-refractivity contribution in [2.45, 2.75) is 0 Å². The lowest BCUT2D eigenvalue weighted by Gasteiger charge is -2.17. The average molecular weight is 235 g/mol. The Morgan fingerprint density at radius 2 is 1.39 bits per heavy atom. The van der Waals surface area contributed by atoms with Crippen LogP contribution in [0.5, 0.6) is 0 Å². The van der Waals surface area contributed by atoms with Crippen LogP contribution in [0.1, 0.15) is 31.8 Å². The van der Waals surface area contributed by atoms with Crippen LogP contribution in [-0.2, 0) is 0 Å². The molecule has 0 aliphatic heterocycles. The summed E-state index contributed by atoms with van der Waals surface area (Å²) in [6, 6.07) is 11.3. The third kappa shape index (κ3) is 1.26. The van der Waals surface area contributed by atoms with Gasteiger partial charge in [-0.25, -0.2) is 0 Å². The summed E-state index contributed by atoms with van der Waals surface area (Å²) in [6.45, 7) is 0. The first-order valence-electron chi connectivity index (χ1n) is 5.40. The zero-order chi connectivity index (χ0) is 12.7. The number of hydrogen-bond acceptors (Lipinski definition) is 3. The second-order valence-electron chi connectivity index (χ2n) is 4.00. The van der Waals surface area contributed by atoms with E-state index in [2.05, 4.69) is 5.11 Å². The summed E-state index contributed by atoms with van der Waals surface area (Å²) >= 11 is 0. The number of benzene rings is 2. The molecule has 0 saturated carbocycles. The van der Waals surface area contributed by atoms with Gasteiger partial charge in [0.1, 0.15) is 0 Å². The van der Waals surface area contributed by atoms with Crippen molar-refractivity contribution in [3.8, 4) is 0 Å². The molecule has 0 heterocycles. The lowest BCUT2D eigenvalue weighted by molar-refractivity contribution is 0.0979. The fraction of sp³-hybridized carbons (Fsp3) is 0. The van der Waals surface area contributed by atoms with E-state index in [0.717, 1.165) is 0 Å². The van der Waals surface area contributed by atoms with E-state index in [1.165, 1.54) is 6.07 Å². The van der Waals surface area contributed by atoms with E-state index >= 15 is 0 Å². The van der Waals surface area contributed by atoms with Crippen LogP contribution < -0.4 is 5.53 Å². The summed E-state index contributed by atoms with van der Waals surface area (Å²) < 4.78 is 0. The van der Waals surface area contributed by atoms with E-state index in [0.29, 0.717) is 11.1 Å². The Labute approximate surface area is 103 Å². The van der Waals surface area contributed by atoms with Crippen LogP contribution in [-0.4, -0.2) is 11.6 Å². The van der Waals surface area contributed by atoms with Gasteiger partial charge in [0.05, 0.1) is 11.3 Å². The molecule has 2 aromatic carbocycles. The Morgan fingerprint density at radius 1 is 0.778 bits per heavy atom. The summed E-state index contributed by atoms with van der Waals surface area (Å²) in [5.41, 5.74) is 10.2. The number of rotatable bonds is 1. The zero-order valence-corrected chi connectivity index (χ0v) is 9.25. The number of nitrogens with zero attached hydrogens (tertiary/aromatic N) is 2. The van der Waals surface area contributed by atoms with Crippen LogP contribution >= 0.6 is 0 Å². The van der Waals surface area contributed by atoms with Crippen molar-refractivity contribution in [1.29, 1.82) is 0 Å². The highest BCUT2D eigenvalue weighted by Crippen LogP contribution is 2.32. The van der Waals surface area contributed by atoms with Crippen molar-refractivity contribution in [1.82, 2.24) is 5.53 Å². The van der Waals surface area contributed by atoms with E-state index in [1.54, 1.807) is 36.4 Å². The smallest absolute Gasteiger partial charge is 0.196 e. The summed E-state index contributed by atoms with van der Waals surface area (Å²) in [7, 11) is 0. The van der Waals surface area contributed by atoms with Crippen molar-refractivity contribution >= 4 is 17.3 Å². The quantitative estimate of drug-likeness (QED) is 0.607. The molecule has 1 aliphatic carbocycles. The fourth-order valence-corrected chi connectivity index (χ4v) is 2.21. The highest BCUT2D eigenvalue weighted by Gasteiger charge is 2.31. The van der Waals surface area contributed by atoms with Gasteiger partial charge < -0.3 is 0 Å². The molecule has 18 heavy (non-hydrogen) atoms. The summed E-state index contributed by atoms with van der Waals surface area (Å²) in [5.74, 6) is -0.501. The lowest BCUT2D eigenvalue weighted by atomic mass is 9.83. The molecular weight excluding hydrogens is 228 g/mol. The van der Waals surface area contributed by atoms with Crippen molar-refractivity contribution < 1.29 is 9.59 Å². The lowest BCUT2D eigenvalue weighted by Crippen LogP contribution is -2.20. The van der Waals surface area contributed by atoms with Gasteiger partial charge in [-0.2, -0.15) is 0 Å². The number of carbonyl (C=O) groups is 2. The minimum absolute atomic E-state index is 0.125. The Balaban J connectivity index is 2.37. The molecule has 85 valence electrons. The van der Waals surface area contributed by atoms with Gasteiger partial charge in [-0.1, -0.05) is 36.4 Å². The predicted molar refractivity (Wildman–Crippen MR) is 64.0 cm³/mol. The average Bonchev–Trinajstić information content (AvgIpc) is 2.44. The van der Waals surface area contributed by atoms with Gasteiger partial charge in [-0.15, -0.1) is 5.11 Å². The molecule has 2 aromatic rings. The third-order valence-electron chi connectivity index (χ3n) is 3.04. The Hall–Kier alpha value is -2.62. The number of carbonyl (C=O) groups excluding carboxylic acids is 2. The predicted octanol–water partition coefficient (Wildman–Crippen LogP) is 2.35. The molecule has 0 saturated heterocycles. The highest BCUT2D eigenvalue weighted by atomic mass is 16.1. The van der Waals surface area contributed by atoms with Gasteiger partial charge in [0.15, 0.2) is 11.6 Å². The van der Waals surface area contributed by atoms with Gasteiger partial charge in [-0.05, 0) is 11.6 Å². The maximum atomic E-state index is 12.3. The Morgan fingerprint density at radius 3 is 2.06 bits per heavy atom. The molecule has 3 rings (SSSR count). The van der Waals surface area contributed by atoms with Crippen LogP contribution in [0, 0.1) is 0 Å². The van der Waals surface area contributed by atoms with Gasteiger partial charge in [-0.3, -0.25) is 9.59 Å². The van der Waals surface area contributed by atoms with Crippen LogP contribution in [0.25, 0.3) is 0 Å².